The topological polar surface area (TPSA) is 24.5 Å². The first-order valence-electron chi connectivity index (χ1n) is 5.69. The molecule has 0 amide bonds. The summed E-state index contributed by atoms with van der Waals surface area (Å²) in [6.07, 6.45) is 0. The Morgan fingerprint density at radius 3 is 2.87 bits per heavy atom. The lowest BCUT2D eigenvalue weighted by atomic mass is 10.0. The van der Waals surface area contributed by atoms with Gasteiger partial charge in [0.05, 0.1) is 13.2 Å². The molecule has 3 heteroatoms. The van der Waals surface area contributed by atoms with E-state index in [-0.39, 0.29) is 5.54 Å². The Morgan fingerprint density at radius 2 is 2.27 bits per heavy atom. The minimum atomic E-state index is 0.243. The second-order valence-corrected chi connectivity index (χ2v) is 5.10. The van der Waals surface area contributed by atoms with Gasteiger partial charge in [-0.15, -0.1) is 0 Å². The summed E-state index contributed by atoms with van der Waals surface area (Å²) in [6.45, 7) is 16.1. The third-order valence-corrected chi connectivity index (χ3v) is 2.55. The SMILES string of the molecule is C=C(C)COCCN1CCNC(C)(C)C1. The highest BCUT2D eigenvalue weighted by atomic mass is 16.5. The zero-order valence-electron chi connectivity index (χ0n) is 10.3. The Hall–Kier alpha value is -0.380. The van der Waals surface area contributed by atoms with Crippen molar-refractivity contribution < 1.29 is 4.74 Å². The van der Waals surface area contributed by atoms with Crippen LogP contribution in [0.25, 0.3) is 0 Å². The van der Waals surface area contributed by atoms with Crippen LogP contribution in [0.2, 0.25) is 0 Å². The van der Waals surface area contributed by atoms with E-state index in [1.54, 1.807) is 0 Å². The predicted molar refractivity (Wildman–Crippen MR) is 64.2 cm³/mol. The van der Waals surface area contributed by atoms with Crippen molar-refractivity contribution in [2.45, 2.75) is 26.3 Å². The lowest BCUT2D eigenvalue weighted by molar-refractivity contribution is 0.0903. The molecule has 0 aromatic rings. The molecule has 0 aromatic carbocycles. The number of ether oxygens (including phenoxy) is 1. The van der Waals surface area contributed by atoms with Crippen molar-refractivity contribution in [2.75, 3.05) is 39.4 Å². The molecular weight excluding hydrogens is 188 g/mol. The summed E-state index contributed by atoms with van der Waals surface area (Å²) in [5, 5.41) is 3.50. The van der Waals surface area contributed by atoms with Crippen LogP contribution in [0, 0.1) is 0 Å². The summed E-state index contributed by atoms with van der Waals surface area (Å²) in [6, 6.07) is 0. The largest absolute Gasteiger partial charge is 0.376 e. The van der Waals surface area contributed by atoms with E-state index in [2.05, 4.69) is 30.6 Å². The van der Waals surface area contributed by atoms with E-state index in [0.717, 1.165) is 38.4 Å². The van der Waals surface area contributed by atoms with Crippen LogP contribution in [0.1, 0.15) is 20.8 Å². The summed E-state index contributed by atoms with van der Waals surface area (Å²) >= 11 is 0. The highest BCUT2D eigenvalue weighted by molar-refractivity contribution is 4.88. The fourth-order valence-corrected chi connectivity index (χ4v) is 1.88. The van der Waals surface area contributed by atoms with E-state index in [9.17, 15) is 0 Å². The van der Waals surface area contributed by atoms with E-state index < -0.39 is 0 Å². The van der Waals surface area contributed by atoms with Gasteiger partial charge >= 0.3 is 0 Å². The molecule has 0 aromatic heterocycles. The third kappa shape index (κ3) is 5.30. The number of rotatable bonds is 5. The smallest absolute Gasteiger partial charge is 0.0672 e. The maximum Gasteiger partial charge on any atom is 0.0672 e. The lowest BCUT2D eigenvalue weighted by Crippen LogP contribution is -2.57. The molecular formula is C12H24N2O. The van der Waals surface area contributed by atoms with Crippen molar-refractivity contribution in [3.8, 4) is 0 Å². The zero-order valence-corrected chi connectivity index (χ0v) is 10.3. The summed E-state index contributed by atoms with van der Waals surface area (Å²) < 4.78 is 5.50. The quantitative estimate of drug-likeness (QED) is 0.548. The van der Waals surface area contributed by atoms with Crippen LogP contribution in [0.3, 0.4) is 0 Å². The van der Waals surface area contributed by atoms with Gasteiger partial charge in [0.25, 0.3) is 0 Å². The summed E-state index contributed by atoms with van der Waals surface area (Å²) in [5.41, 5.74) is 1.34. The highest BCUT2D eigenvalue weighted by Crippen LogP contribution is 2.09. The van der Waals surface area contributed by atoms with Gasteiger partial charge in [0.15, 0.2) is 0 Å². The van der Waals surface area contributed by atoms with Crippen LogP contribution < -0.4 is 5.32 Å². The fraction of sp³-hybridized carbons (Fsp3) is 0.833. The molecule has 0 spiro atoms. The standard InChI is InChI=1S/C12H24N2O/c1-11(2)9-15-8-7-14-6-5-13-12(3,4)10-14/h13H,1,5-10H2,2-4H3. The normalized spacial score (nSPS) is 21.5. The number of hydrogen-bond acceptors (Lipinski definition) is 3. The van der Waals surface area contributed by atoms with Crippen LogP contribution in [0.4, 0.5) is 0 Å². The predicted octanol–water partition coefficient (Wildman–Crippen LogP) is 1.26. The molecule has 0 atom stereocenters. The van der Waals surface area contributed by atoms with Gasteiger partial charge in [-0.2, -0.15) is 0 Å². The first kappa shape index (κ1) is 12.7. The van der Waals surface area contributed by atoms with Crippen LogP contribution in [-0.2, 0) is 4.74 Å². The van der Waals surface area contributed by atoms with Gasteiger partial charge in [0, 0.05) is 31.7 Å². The molecule has 0 bridgehead atoms. The summed E-state index contributed by atoms with van der Waals surface area (Å²) in [7, 11) is 0. The van der Waals surface area contributed by atoms with Crippen LogP contribution >= 0.6 is 0 Å². The molecule has 0 saturated carbocycles. The zero-order chi connectivity index (χ0) is 11.3. The molecule has 0 unspecified atom stereocenters. The molecule has 1 rings (SSSR count). The maximum atomic E-state index is 5.50. The van der Waals surface area contributed by atoms with Crippen LogP contribution in [0.5, 0.6) is 0 Å². The van der Waals surface area contributed by atoms with Crippen LogP contribution in [0.15, 0.2) is 12.2 Å². The van der Waals surface area contributed by atoms with Crippen molar-refractivity contribution in [1.29, 1.82) is 0 Å². The first-order valence-corrected chi connectivity index (χ1v) is 5.69. The highest BCUT2D eigenvalue weighted by Gasteiger charge is 2.24. The molecule has 1 aliphatic heterocycles. The van der Waals surface area contributed by atoms with Gasteiger partial charge in [0.2, 0.25) is 0 Å². The minimum absolute atomic E-state index is 0.243. The van der Waals surface area contributed by atoms with Gasteiger partial charge in [-0.1, -0.05) is 12.2 Å². The Bertz CT molecular complexity index is 214. The van der Waals surface area contributed by atoms with E-state index in [1.807, 2.05) is 6.92 Å². The number of hydrogen-bond donors (Lipinski definition) is 1. The van der Waals surface area contributed by atoms with Crippen LogP contribution in [-0.4, -0.2) is 49.8 Å². The summed E-state index contributed by atoms with van der Waals surface area (Å²) in [5.74, 6) is 0. The second-order valence-electron chi connectivity index (χ2n) is 5.10. The van der Waals surface area contributed by atoms with E-state index in [4.69, 9.17) is 4.74 Å². The van der Waals surface area contributed by atoms with E-state index >= 15 is 0 Å². The van der Waals surface area contributed by atoms with Gasteiger partial charge in [-0.05, 0) is 20.8 Å². The van der Waals surface area contributed by atoms with Crippen molar-refractivity contribution in [1.82, 2.24) is 10.2 Å². The average molecular weight is 212 g/mol. The van der Waals surface area contributed by atoms with E-state index in [0.29, 0.717) is 6.61 Å². The Kier molecular flexibility index (Phi) is 4.77. The van der Waals surface area contributed by atoms with Crippen molar-refractivity contribution in [3.63, 3.8) is 0 Å². The average Bonchev–Trinajstić information content (AvgIpc) is 2.10. The summed E-state index contributed by atoms with van der Waals surface area (Å²) in [4.78, 5) is 2.45. The third-order valence-electron chi connectivity index (χ3n) is 2.55. The maximum absolute atomic E-state index is 5.50. The molecule has 1 saturated heterocycles. The van der Waals surface area contributed by atoms with Gasteiger partial charge in [-0.3, -0.25) is 4.90 Å². The molecule has 1 heterocycles. The molecule has 0 radical (unpaired) electrons. The Balaban J connectivity index is 2.13. The molecule has 3 nitrogen and oxygen atoms in total. The Morgan fingerprint density at radius 1 is 1.53 bits per heavy atom. The van der Waals surface area contributed by atoms with Crippen molar-refractivity contribution in [2.24, 2.45) is 0 Å². The lowest BCUT2D eigenvalue weighted by Gasteiger charge is -2.39. The van der Waals surface area contributed by atoms with Gasteiger partial charge in [-0.25, -0.2) is 0 Å². The minimum Gasteiger partial charge on any atom is -0.376 e. The second kappa shape index (κ2) is 5.64. The Labute approximate surface area is 93.5 Å². The molecule has 1 N–H and O–H groups in total. The number of piperazine rings is 1. The molecule has 1 aliphatic rings. The monoisotopic (exact) mass is 212 g/mol. The fourth-order valence-electron chi connectivity index (χ4n) is 1.88. The molecule has 0 aliphatic carbocycles. The number of nitrogens with one attached hydrogen (secondary N) is 1. The van der Waals surface area contributed by atoms with E-state index in [1.165, 1.54) is 0 Å². The molecule has 88 valence electrons. The first-order chi connectivity index (χ1) is 6.99. The van der Waals surface area contributed by atoms with Gasteiger partial charge in [0.1, 0.15) is 0 Å². The molecule has 15 heavy (non-hydrogen) atoms. The van der Waals surface area contributed by atoms with Crippen molar-refractivity contribution >= 4 is 0 Å². The van der Waals surface area contributed by atoms with Gasteiger partial charge < -0.3 is 10.1 Å². The van der Waals surface area contributed by atoms with Crippen molar-refractivity contribution in [3.05, 3.63) is 12.2 Å². The molecule has 1 fully saturated rings. The number of nitrogens with zero attached hydrogens (tertiary/aromatic N) is 1.